The van der Waals surface area contributed by atoms with E-state index < -0.39 is 35.7 Å². The van der Waals surface area contributed by atoms with Crippen LogP contribution in [-0.2, 0) is 25.5 Å². The second kappa shape index (κ2) is 9.56. The minimum absolute atomic E-state index is 0.0426. The Bertz CT molecular complexity index is 660. The van der Waals surface area contributed by atoms with Crippen molar-refractivity contribution in [1.82, 2.24) is 10.6 Å². The Labute approximate surface area is 146 Å². The molecule has 0 saturated heterocycles. The van der Waals surface area contributed by atoms with Gasteiger partial charge in [-0.2, -0.15) is 0 Å². The number of carbonyl (C=O) groups is 3. The largest absolute Gasteiger partial charge is 0.467 e. The summed E-state index contributed by atoms with van der Waals surface area (Å²) in [6.07, 6.45) is 0.157. The highest BCUT2D eigenvalue weighted by Crippen LogP contribution is 2.11. The molecule has 0 aromatic heterocycles. The van der Waals surface area contributed by atoms with Crippen molar-refractivity contribution >= 4 is 17.8 Å². The van der Waals surface area contributed by atoms with Crippen LogP contribution in [0.5, 0.6) is 0 Å². The Morgan fingerprint density at radius 2 is 1.80 bits per heavy atom. The third-order valence-electron chi connectivity index (χ3n) is 3.43. The molecule has 0 bridgehead atoms. The molecule has 2 N–H and O–H groups in total. The molecule has 0 radical (unpaired) electrons. The number of hydrogen-bond donors (Lipinski definition) is 2. The number of rotatable bonds is 8. The first-order valence-electron chi connectivity index (χ1n) is 7.77. The number of methoxy groups -OCH3 is 1. The molecule has 2 atom stereocenters. The molecule has 0 heterocycles. The number of carbonyl (C=O) groups excluding carboxylic acids is 3. The predicted molar refractivity (Wildman–Crippen MR) is 91.1 cm³/mol. The maximum atomic E-state index is 13.8. The first-order valence-corrected chi connectivity index (χ1v) is 7.77. The van der Waals surface area contributed by atoms with Gasteiger partial charge in [0.25, 0.3) is 0 Å². The molecule has 0 aliphatic rings. The van der Waals surface area contributed by atoms with E-state index in [1.165, 1.54) is 32.2 Å². The van der Waals surface area contributed by atoms with Gasteiger partial charge in [0.05, 0.1) is 7.11 Å². The van der Waals surface area contributed by atoms with Crippen LogP contribution in [0.4, 0.5) is 4.39 Å². The molecule has 1 aromatic rings. The van der Waals surface area contributed by atoms with Crippen LogP contribution in [0.2, 0.25) is 0 Å². The van der Waals surface area contributed by atoms with Crippen molar-refractivity contribution in [2.75, 3.05) is 7.11 Å². The van der Waals surface area contributed by atoms with Crippen molar-refractivity contribution in [2.24, 2.45) is 0 Å². The monoisotopic (exact) mass is 350 g/mol. The third-order valence-corrected chi connectivity index (χ3v) is 3.43. The van der Waals surface area contributed by atoms with Crippen molar-refractivity contribution in [3.63, 3.8) is 0 Å². The van der Waals surface area contributed by atoms with Crippen molar-refractivity contribution in [2.45, 2.75) is 38.8 Å². The number of halogens is 1. The molecule has 0 unspecified atom stereocenters. The molecular weight excluding hydrogens is 327 g/mol. The minimum atomic E-state index is -1.02. The second-order valence-corrected chi connectivity index (χ2v) is 5.79. The molecule has 0 aliphatic carbocycles. The number of nitrogens with one attached hydrogen (secondary N) is 2. The van der Waals surface area contributed by atoms with Gasteiger partial charge in [-0.1, -0.05) is 23.8 Å². The van der Waals surface area contributed by atoms with Crippen LogP contribution >= 0.6 is 0 Å². The summed E-state index contributed by atoms with van der Waals surface area (Å²) in [7, 11) is 1.21. The van der Waals surface area contributed by atoms with Crippen molar-refractivity contribution < 1.29 is 23.5 Å². The number of hydrogen-bond acceptors (Lipinski definition) is 4. The Kier molecular flexibility index (Phi) is 7.78. The molecule has 1 rings (SSSR count). The highest BCUT2D eigenvalue weighted by molar-refractivity contribution is 5.90. The van der Waals surface area contributed by atoms with Crippen LogP contribution in [0.1, 0.15) is 25.8 Å². The van der Waals surface area contributed by atoms with Crippen molar-refractivity contribution in [3.05, 3.63) is 47.8 Å². The first-order chi connectivity index (χ1) is 11.7. The number of amides is 2. The average Bonchev–Trinajstić information content (AvgIpc) is 2.53. The van der Waals surface area contributed by atoms with Gasteiger partial charge in [-0.05, 0) is 25.0 Å². The molecule has 25 heavy (non-hydrogen) atoms. The van der Waals surface area contributed by atoms with Gasteiger partial charge >= 0.3 is 5.97 Å². The summed E-state index contributed by atoms with van der Waals surface area (Å²) in [6.45, 7) is 6.69. The van der Waals surface area contributed by atoms with Gasteiger partial charge in [0.15, 0.2) is 0 Å². The first kappa shape index (κ1) is 20.3. The SMILES string of the molecule is C=C(C)C[C@@H](NC(=O)[C@H](Cc1ccccc1F)NC(C)=O)C(=O)OC. The maximum Gasteiger partial charge on any atom is 0.328 e. The van der Waals surface area contributed by atoms with Crippen LogP contribution in [-0.4, -0.2) is 37.0 Å². The van der Waals surface area contributed by atoms with Gasteiger partial charge in [0, 0.05) is 13.3 Å². The number of ether oxygens (including phenoxy) is 1. The van der Waals surface area contributed by atoms with E-state index in [0.717, 1.165) is 0 Å². The molecule has 1 aromatic carbocycles. The lowest BCUT2D eigenvalue weighted by molar-refractivity contribution is -0.145. The Morgan fingerprint density at radius 3 is 2.32 bits per heavy atom. The Balaban J connectivity index is 2.94. The quantitative estimate of drug-likeness (QED) is 0.550. The van der Waals surface area contributed by atoms with Gasteiger partial charge < -0.3 is 15.4 Å². The molecule has 136 valence electrons. The molecular formula is C18H23FN2O4. The fourth-order valence-electron chi connectivity index (χ4n) is 2.29. The van der Waals surface area contributed by atoms with Gasteiger partial charge in [-0.25, -0.2) is 9.18 Å². The molecule has 0 fully saturated rings. The maximum absolute atomic E-state index is 13.8. The van der Waals surface area contributed by atoms with E-state index in [4.69, 9.17) is 0 Å². The van der Waals surface area contributed by atoms with Gasteiger partial charge in [-0.3, -0.25) is 9.59 Å². The highest BCUT2D eigenvalue weighted by Gasteiger charge is 2.27. The van der Waals surface area contributed by atoms with Gasteiger partial charge in [0.2, 0.25) is 11.8 Å². The van der Waals surface area contributed by atoms with Crippen LogP contribution in [0.15, 0.2) is 36.4 Å². The second-order valence-electron chi connectivity index (χ2n) is 5.79. The zero-order valence-electron chi connectivity index (χ0n) is 14.6. The molecule has 0 spiro atoms. The summed E-state index contributed by atoms with van der Waals surface area (Å²) in [5.74, 6) is -2.14. The standard InChI is InChI=1S/C18H23FN2O4/c1-11(2)9-16(18(24)25-4)21-17(23)15(20-12(3)22)10-13-7-5-6-8-14(13)19/h5-8,15-16H,1,9-10H2,2-4H3,(H,20,22)(H,21,23)/t15-,16+/m0/s1. The molecule has 7 heteroatoms. The van der Waals surface area contributed by atoms with Crippen LogP contribution in [0.25, 0.3) is 0 Å². The lowest BCUT2D eigenvalue weighted by Gasteiger charge is -2.22. The summed E-state index contributed by atoms with van der Waals surface area (Å²) in [5, 5.41) is 5.01. The zero-order chi connectivity index (χ0) is 19.0. The van der Waals surface area contributed by atoms with Gasteiger partial charge in [-0.15, -0.1) is 6.58 Å². The smallest absolute Gasteiger partial charge is 0.328 e. The summed E-state index contributed by atoms with van der Waals surface area (Å²) in [5.41, 5.74) is 0.965. The summed E-state index contributed by atoms with van der Waals surface area (Å²) >= 11 is 0. The molecule has 0 saturated carbocycles. The Morgan fingerprint density at radius 1 is 1.16 bits per heavy atom. The highest BCUT2D eigenvalue weighted by atomic mass is 19.1. The van der Waals surface area contributed by atoms with Crippen molar-refractivity contribution in [3.8, 4) is 0 Å². The summed E-state index contributed by atoms with van der Waals surface area (Å²) in [4.78, 5) is 35.7. The summed E-state index contributed by atoms with van der Waals surface area (Å²) < 4.78 is 18.5. The van der Waals surface area contributed by atoms with Crippen molar-refractivity contribution in [1.29, 1.82) is 0 Å². The lowest BCUT2D eigenvalue weighted by Crippen LogP contribution is -2.52. The minimum Gasteiger partial charge on any atom is -0.467 e. The normalized spacial score (nSPS) is 12.6. The van der Waals surface area contributed by atoms with Gasteiger partial charge in [0.1, 0.15) is 17.9 Å². The van der Waals surface area contributed by atoms with Crippen LogP contribution in [0.3, 0.4) is 0 Å². The van der Waals surface area contributed by atoms with E-state index in [-0.39, 0.29) is 18.4 Å². The average molecular weight is 350 g/mol. The fraction of sp³-hybridized carbons (Fsp3) is 0.389. The topological polar surface area (TPSA) is 84.5 Å². The van der Waals surface area contributed by atoms with E-state index in [9.17, 15) is 18.8 Å². The van der Waals surface area contributed by atoms with E-state index in [0.29, 0.717) is 5.57 Å². The number of esters is 1. The van der Waals surface area contributed by atoms with Crippen LogP contribution in [0, 0.1) is 5.82 Å². The fourth-order valence-corrected chi connectivity index (χ4v) is 2.29. The Hall–Kier alpha value is -2.70. The summed E-state index contributed by atoms with van der Waals surface area (Å²) in [6, 6.07) is 4.03. The lowest BCUT2D eigenvalue weighted by atomic mass is 10.0. The van der Waals surface area contributed by atoms with E-state index in [2.05, 4.69) is 21.9 Å². The van der Waals surface area contributed by atoms with E-state index in [1.807, 2.05) is 0 Å². The molecule has 2 amide bonds. The van der Waals surface area contributed by atoms with Crippen LogP contribution < -0.4 is 10.6 Å². The number of benzene rings is 1. The zero-order valence-corrected chi connectivity index (χ0v) is 14.6. The third kappa shape index (κ3) is 6.74. The molecule has 0 aliphatic heterocycles. The van der Waals surface area contributed by atoms with E-state index in [1.54, 1.807) is 13.0 Å². The molecule has 6 nitrogen and oxygen atoms in total. The van der Waals surface area contributed by atoms with E-state index >= 15 is 0 Å². The predicted octanol–water partition coefficient (Wildman–Crippen LogP) is 1.50.